The van der Waals surface area contributed by atoms with Crippen molar-refractivity contribution in [3.05, 3.63) is 71.0 Å². The SMILES string of the molecule is C[C@@H](OC(=O)Nc1ccc(C2C(C#N)c3ccc(Oc4ncccn4)cc3N2C2CCC2)cc1Cl)C1CC1. The lowest BCUT2D eigenvalue weighted by Crippen LogP contribution is -2.41. The van der Waals surface area contributed by atoms with Crippen LogP contribution >= 0.6 is 11.6 Å². The fourth-order valence-corrected chi connectivity index (χ4v) is 5.60. The van der Waals surface area contributed by atoms with Crippen molar-refractivity contribution in [1.29, 1.82) is 5.26 Å². The number of hydrogen-bond donors (Lipinski definition) is 1. The predicted molar refractivity (Wildman–Crippen MR) is 144 cm³/mol. The highest BCUT2D eigenvalue weighted by molar-refractivity contribution is 6.33. The van der Waals surface area contributed by atoms with Crippen LogP contribution in [0.1, 0.15) is 62.1 Å². The molecule has 2 fully saturated rings. The van der Waals surface area contributed by atoms with Gasteiger partial charge in [0, 0.05) is 30.2 Å². The van der Waals surface area contributed by atoms with Crippen molar-refractivity contribution in [3.8, 4) is 17.8 Å². The van der Waals surface area contributed by atoms with Crippen LogP contribution in [0.25, 0.3) is 0 Å². The van der Waals surface area contributed by atoms with Gasteiger partial charge in [-0.05, 0) is 80.3 Å². The van der Waals surface area contributed by atoms with Gasteiger partial charge in [-0.3, -0.25) is 5.32 Å². The molecule has 0 saturated heterocycles. The molecule has 1 aromatic heterocycles. The Bertz CT molecular complexity index is 1390. The molecule has 2 aliphatic carbocycles. The molecule has 0 radical (unpaired) electrons. The first kappa shape index (κ1) is 24.5. The highest BCUT2D eigenvalue weighted by Gasteiger charge is 2.44. The molecule has 1 amide bonds. The van der Waals surface area contributed by atoms with Crippen LogP contribution in [0.15, 0.2) is 54.9 Å². The maximum absolute atomic E-state index is 12.4. The van der Waals surface area contributed by atoms with Crippen LogP contribution in [-0.4, -0.2) is 28.2 Å². The van der Waals surface area contributed by atoms with Gasteiger partial charge >= 0.3 is 12.1 Å². The van der Waals surface area contributed by atoms with E-state index in [9.17, 15) is 10.1 Å². The smallest absolute Gasteiger partial charge is 0.411 e. The number of ether oxygens (including phenoxy) is 2. The number of amides is 1. The first-order chi connectivity index (χ1) is 18.5. The summed E-state index contributed by atoms with van der Waals surface area (Å²) in [6.07, 6.45) is 8.10. The Morgan fingerprint density at radius 3 is 2.61 bits per heavy atom. The third-order valence-electron chi connectivity index (χ3n) is 7.74. The Balaban J connectivity index is 1.28. The van der Waals surface area contributed by atoms with Gasteiger partial charge in [-0.2, -0.15) is 5.26 Å². The molecule has 3 aromatic rings. The summed E-state index contributed by atoms with van der Waals surface area (Å²) >= 11 is 6.65. The second-order valence-electron chi connectivity index (χ2n) is 10.2. The van der Waals surface area contributed by atoms with E-state index in [1.807, 2.05) is 37.3 Å². The molecular formula is C29H28ClN5O3. The second kappa shape index (κ2) is 10.1. The highest BCUT2D eigenvalue weighted by atomic mass is 35.5. The van der Waals surface area contributed by atoms with Crippen LogP contribution in [0, 0.1) is 17.2 Å². The van der Waals surface area contributed by atoms with E-state index in [4.69, 9.17) is 21.1 Å². The summed E-state index contributed by atoms with van der Waals surface area (Å²) in [4.78, 5) is 23.0. The van der Waals surface area contributed by atoms with Crippen molar-refractivity contribution >= 4 is 29.1 Å². The van der Waals surface area contributed by atoms with Crippen LogP contribution in [0.2, 0.25) is 5.02 Å². The van der Waals surface area contributed by atoms with E-state index in [1.54, 1.807) is 24.5 Å². The molecular weight excluding hydrogens is 502 g/mol. The van der Waals surface area contributed by atoms with Gasteiger partial charge in [0.25, 0.3) is 0 Å². The van der Waals surface area contributed by atoms with Crippen LogP contribution in [0.3, 0.4) is 0 Å². The Labute approximate surface area is 226 Å². The van der Waals surface area contributed by atoms with E-state index in [0.29, 0.717) is 28.4 Å². The zero-order valence-electron chi connectivity index (χ0n) is 21.0. The number of carbonyl (C=O) groups excluding carboxylic acids is 1. The number of nitrogens with zero attached hydrogens (tertiary/aromatic N) is 4. The number of nitriles is 1. The Hall–Kier alpha value is -3.83. The van der Waals surface area contributed by atoms with E-state index < -0.39 is 6.09 Å². The molecule has 0 spiro atoms. The van der Waals surface area contributed by atoms with Gasteiger partial charge in [0.1, 0.15) is 11.9 Å². The molecule has 8 nitrogen and oxygen atoms in total. The summed E-state index contributed by atoms with van der Waals surface area (Å²) in [6, 6.07) is 16.0. The topological polar surface area (TPSA) is 100 Å². The van der Waals surface area contributed by atoms with Gasteiger partial charge < -0.3 is 14.4 Å². The summed E-state index contributed by atoms with van der Waals surface area (Å²) in [6.45, 7) is 1.92. The monoisotopic (exact) mass is 529 g/mol. The molecule has 9 heteroatoms. The summed E-state index contributed by atoms with van der Waals surface area (Å²) in [5.74, 6) is 0.689. The number of halogens is 1. The number of fused-ring (bicyclic) bond motifs is 1. The molecule has 3 atom stereocenters. The quantitative estimate of drug-likeness (QED) is 0.352. The predicted octanol–water partition coefficient (Wildman–Crippen LogP) is 6.99. The van der Waals surface area contributed by atoms with Crippen LogP contribution in [0.5, 0.6) is 11.8 Å². The zero-order chi connectivity index (χ0) is 26.2. The number of carbonyl (C=O) groups is 1. The van der Waals surface area contributed by atoms with Gasteiger partial charge in [0.15, 0.2) is 0 Å². The van der Waals surface area contributed by atoms with Gasteiger partial charge in [-0.25, -0.2) is 14.8 Å². The number of hydrogen-bond acceptors (Lipinski definition) is 7. The Morgan fingerprint density at radius 1 is 1.16 bits per heavy atom. The molecule has 194 valence electrons. The van der Waals surface area contributed by atoms with Crippen molar-refractivity contribution in [2.24, 2.45) is 5.92 Å². The minimum atomic E-state index is -0.506. The second-order valence-corrected chi connectivity index (χ2v) is 10.6. The summed E-state index contributed by atoms with van der Waals surface area (Å²) < 4.78 is 11.4. The lowest BCUT2D eigenvalue weighted by molar-refractivity contribution is 0.108. The van der Waals surface area contributed by atoms with Crippen molar-refractivity contribution < 1.29 is 14.3 Å². The Kier molecular flexibility index (Phi) is 6.54. The van der Waals surface area contributed by atoms with Gasteiger partial charge in [0.2, 0.25) is 0 Å². The molecule has 2 heterocycles. The molecule has 38 heavy (non-hydrogen) atoms. The molecule has 0 bridgehead atoms. The maximum atomic E-state index is 12.4. The lowest BCUT2D eigenvalue weighted by atomic mass is 9.87. The molecule has 2 unspecified atom stereocenters. The van der Waals surface area contributed by atoms with Crippen LogP contribution < -0.4 is 15.0 Å². The Morgan fingerprint density at radius 2 is 1.95 bits per heavy atom. The highest BCUT2D eigenvalue weighted by Crippen LogP contribution is 2.53. The third kappa shape index (κ3) is 4.74. The average molecular weight is 530 g/mol. The number of nitrogens with one attached hydrogen (secondary N) is 1. The van der Waals surface area contributed by atoms with Crippen LogP contribution in [-0.2, 0) is 4.74 Å². The van der Waals surface area contributed by atoms with Crippen molar-refractivity contribution in [3.63, 3.8) is 0 Å². The standard InChI is InChI=1S/C29H28ClN5O3/c1-17(18-6-7-18)37-29(36)34-25-11-8-19(14-24(25)30)27-23(16-31)22-10-9-21(38-28-32-12-3-13-33-28)15-26(22)35(27)20-4-2-5-20/h3,8-15,17-18,20,23,27H,2,4-7H2,1H3,(H,34,36)/t17-,23?,27?/m1/s1. The average Bonchev–Trinajstić information content (AvgIpc) is 3.69. The van der Waals surface area contributed by atoms with E-state index in [2.05, 4.69) is 26.3 Å². The summed E-state index contributed by atoms with van der Waals surface area (Å²) in [7, 11) is 0. The first-order valence-electron chi connectivity index (χ1n) is 13.1. The fraction of sp³-hybridized carbons (Fsp3) is 0.379. The summed E-state index contributed by atoms with van der Waals surface area (Å²) in [5, 5.41) is 13.5. The van der Waals surface area contributed by atoms with Gasteiger partial charge in [-0.1, -0.05) is 23.7 Å². The molecule has 3 aliphatic rings. The minimum Gasteiger partial charge on any atom is -0.446 e. The maximum Gasteiger partial charge on any atom is 0.411 e. The fourth-order valence-electron chi connectivity index (χ4n) is 5.37. The largest absolute Gasteiger partial charge is 0.446 e. The zero-order valence-corrected chi connectivity index (χ0v) is 21.8. The number of benzene rings is 2. The molecule has 1 N–H and O–H groups in total. The molecule has 2 aromatic carbocycles. The molecule has 6 rings (SSSR count). The lowest BCUT2D eigenvalue weighted by Gasteiger charge is -2.41. The van der Waals surface area contributed by atoms with E-state index in [1.165, 1.54) is 0 Å². The van der Waals surface area contributed by atoms with Crippen molar-refractivity contribution in [1.82, 2.24) is 9.97 Å². The molecule has 1 aliphatic heterocycles. The van der Waals surface area contributed by atoms with E-state index >= 15 is 0 Å². The number of aromatic nitrogens is 2. The van der Waals surface area contributed by atoms with Gasteiger partial charge in [0.05, 0.1) is 28.7 Å². The minimum absolute atomic E-state index is 0.111. The van der Waals surface area contributed by atoms with Gasteiger partial charge in [-0.15, -0.1) is 0 Å². The van der Waals surface area contributed by atoms with E-state index in [0.717, 1.165) is 48.9 Å². The number of anilines is 2. The van der Waals surface area contributed by atoms with Crippen molar-refractivity contribution in [2.75, 3.05) is 10.2 Å². The van der Waals surface area contributed by atoms with Crippen LogP contribution in [0.4, 0.5) is 16.2 Å². The first-order valence-corrected chi connectivity index (χ1v) is 13.4. The third-order valence-corrected chi connectivity index (χ3v) is 8.05. The normalized spacial score (nSPS) is 21.1. The summed E-state index contributed by atoms with van der Waals surface area (Å²) in [5.41, 5.74) is 3.35. The van der Waals surface area contributed by atoms with E-state index in [-0.39, 0.29) is 24.1 Å². The number of rotatable bonds is 7. The molecule has 2 saturated carbocycles. The van der Waals surface area contributed by atoms with Crippen molar-refractivity contribution in [2.45, 2.75) is 63.1 Å².